The van der Waals surface area contributed by atoms with Crippen molar-refractivity contribution in [2.45, 2.75) is 6.54 Å². The Bertz CT molecular complexity index is 381. The van der Waals surface area contributed by atoms with Gasteiger partial charge in [0.05, 0.1) is 26.2 Å². The number of rotatable bonds is 4. The van der Waals surface area contributed by atoms with Crippen LogP contribution in [0.25, 0.3) is 0 Å². The van der Waals surface area contributed by atoms with E-state index in [0.717, 1.165) is 44.4 Å². The minimum absolute atomic E-state index is 0.751. The molecule has 0 atom stereocenters. The highest BCUT2D eigenvalue weighted by Crippen LogP contribution is 2.04. The van der Waals surface area contributed by atoms with Gasteiger partial charge in [-0.25, -0.2) is 0 Å². The third-order valence-corrected chi connectivity index (χ3v) is 4.32. The van der Waals surface area contributed by atoms with Gasteiger partial charge in [0.25, 0.3) is 0 Å². The molecule has 1 aliphatic heterocycles. The van der Waals surface area contributed by atoms with Crippen molar-refractivity contribution in [1.82, 2.24) is 10.2 Å². The molecule has 1 aromatic rings. The van der Waals surface area contributed by atoms with Crippen LogP contribution in [0.15, 0.2) is 29.5 Å². The summed E-state index contributed by atoms with van der Waals surface area (Å²) in [4.78, 5) is 3.91. The Balaban J connectivity index is 1.74. The SMILES string of the molecule is C=CCNC(=S)N1CC[NH+](Cc2ccsc2)CC1. The first-order valence-electron chi connectivity index (χ1n) is 6.28. The molecule has 5 heteroatoms. The van der Waals surface area contributed by atoms with Gasteiger partial charge in [-0.1, -0.05) is 6.08 Å². The number of thiophene rings is 1. The summed E-state index contributed by atoms with van der Waals surface area (Å²) in [5.41, 5.74) is 1.45. The van der Waals surface area contributed by atoms with Gasteiger partial charge >= 0.3 is 0 Å². The second kappa shape index (κ2) is 6.87. The molecule has 2 N–H and O–H groups in total. The normalized spacial score (nSPS) is 16.6. The summed E-state index contributed by atoms with van der Waals surface area (Å²) in [6, 6.07) is 2.22. The molecule has 0 spiro atoms. The largest absolute Gasteiger partial charge is 0.359 e. The Kier molecular flexibility index (Phi) is 5.16. The molecular weight excluding hydrogens is 262 g/mol. The molecule has 1 saturated heterocycles. The van der Waals surface area contributed by atoms with Crippen molar-refractivity contribution in [2.75, 3.05) is 32.7 Å². The number of piperazine rings is 1. The second-order valence-electron chi connectivity index (χ2n) is 4.52. The number of hydrogen-bond donors (Lipinski definition) is 2. The second-order valence-corrected chi connectivity index (χ2v) is 5.69. The van der Waals surface area contributed by atoms with Crippen LogP contribution in [0.4, 0.5) is 0 Å². The van der Waals surface area contributed by atoms with Gasteiger partial charge in [0.15, 0.2) is 5.11 Å². The number of nitrogens with zero attached hydrogens (tertiary/aromatic N) is 1. The summed E-state index contributed by atoms with van der Waals surface area (Å²) < 4.78 is 0. The van der Waals surface area contributed by atoms with Gasteiger partial charge in [-0.05, 0) is 29.0 Å². The molecule has 0 bridgehead atoms. The van der Waals surface area contributed by atoms with Gasteiger partial charge in [0, 0.05) is 12.1 Å². The molecule has 0 aromatic carbocycles. The van der Waals surface area contributed by atoms with Crippen molar-refractivity contribution >= 4 is 28.7 Å². The van der Waals surface area contributed by atoms with Gasteiger partial charge < -0.3 is 15.1 Å². The van der Waals surface area contributed by atoms with Crippen molar-refractivity contribution in [2.24, 2.45) is 0 Å². The summed E-state index contributed by atoms with van der Waals surface area (Å²) in [5, 5.41) is 8.46. The first kappa shape index (κ1) is 13.5. The molecule has 3 nitrogen and oxygen atoms in total. The van der Waals surface area contributed by atoms with Gasteiger partial charge in [0.1, 0.15) is 6.54 Å². The summed E-state index contributed by atoms with van der Waals surface area (Å²) in [6.07, 6.45) is 1.84. The molecule has 1 aromatic heterocycles. The Morgan fingerprint density at radius 1 is 1.56 bits per heavy atom. The zero-order chi connectivity index (χ0) is 12.8. The van der Waals surface area contributed by atoms with Crippen molar-refractivity contribution < 1.29 is 4.90 Å². The van der Waals surface area contributed by atoms with Crippen LogP contribution >= 0.6 is 23.6 Å². The maximum atomic E-state index is 5.35. The fraction of sp³-hybridized carbons (Fsp3) is 0.462. The smallest absolute Gasteiger partial charge is 0.169 e. The van der Waals surface area contributed by atoms with Crippen LogP contribution in [0.1, 0.15) is 5.56 Å². The number of nitrogens with one attached hydrogen (secondary N) is 2. The fourth-order valence-corrected chi connectivity index (χ4v) is 3.09. The van der Waals surface area contributed by atoms with Crippen LogP contribution in [0.5, 0.6) is 0 Å². The monoisotopic (exact) mass is 282 g/mol. The highest BCUT2D eigenvalue weighted by atomic mass is 32.1. The van der Waals surface area contributed by atoms with Crippen molar-refractivity contribution in [1.29, 1.82) is 0 Å². The average molecular weight is 282 g/mol. The molecule has 1 fully saturated rings. The highest BCUT2D eigenvalue weighted by molar-refractivity contribution is 7.80. The molecule has 98 valence electrons. The summed E-state index contributed by atoms with van der Waals surface area (Å²) in [5.74, 6) is 0. The minimum atomic E-state index is 0.751. The molecule has 0 unspecified atom stereocenters. The van der Waals surface area contributed by atoms with Crippen LogP contribution in [-0.2, 0) is 6.54 Å². The van der Waals surface area contributed by atoms with E-state index in [4.69, 9.17) is 12.2 Å². The maximum absolute atomic E-state index is 5.35. The number of quaternary nitrogens is 1. The zero-order valence-electron chi connectivity index (χ0n) is 10.5. The van der Waals surface area contributed by atoms with Gasteiger partial charge in [-0.3, -0.25) is 0 Å². The molecule has 0 amide bonds. The molecule has 0 saturated carbocycles. The van der Waals surface area contributed by atoms with Gasteiger partial charge in [0.2, 0.25) is 0 Å². The van der Waals surface area contributed by atoms with Crippen LogP contribution in [0, 0.1) is 0 Å². The van der Waals surface area contributed by atoms with Crippen LogP contribution in [0.3, 0.4) is 0 Å². The standard InChI is InChI=1S/C13H19N3S2/c1-2-4-14-13(17)16-7-5-15(6-8-16)10-12-3-9-18-11-12/h2-3,9,11H,1,4-8,10H2,(H,14,17)/p+1. The molecule has 0 radical (unpaired) electrons. The average Bonchev–Trinajstić information content (AvgIpc) is 2.89. The zero-order valence-corrected chi connectivity index (χ0v) is 12.2. The lowest BCUT2D eigenvalue weighted by Gasteiger charge is -2.33. The lowest BCUT2D eigenvalue weighted by molar-refractivity contribution is -0.917. The van der Waals surface area contributed by atoms with Crippen molar-refractivity contribution in [3.8, 4) is 0 Å². The third kappa shape index (κ3) is 3.80. The third-order valence-electron chi connectivity index (χ3n) is 3.19. The molecule has 18 heavy (non-hydrogen) atoms. The first-order valence-corrected chi connectivity index (χ1v) is 7.63. The predicted octanol–water partition coefficient (Wildman–Crippen LogP) is 0.509. The van der Waals surface area contributed by atoms with E-state index in [2.05, 4.69) is 33.6 Å². The topological polar surface area (TPSA) is 19.7 Å². The summed E-state index contributed by atoms with van der Waals surface area (Å²) in [7, 11) is 0. The van der Waals surface area contributed by atoms with E-state index in [9.17, 15) is 0 Å². The first-order chi connectivity index (χ1) is 8.79. The van der Waals surface area contributed by atoms with Crippen LogP contribution < -0.4 is 10.2 Å². The van der Waals surface area contributed by atoms with E-state index in [0.29, 0.717) is 0 Å². The lowest BCUT2D eigenvalue weighted by atomic mass is 10.2. The molecule has 0 aliphatic carbocycles. The van der Waals surface area contributed by atoms with E-state index < -0.39 is 0 Å². The fourth-order valence-electron chi connectivity index (χ4n) is 2.16. The van der Waals surface area contributed by atoms with Gasteiger partial charge in [-0.2, -0.15) is 11.3 Å². The quantitative estimate of drug-likeness (QED) is 0.620. The highest BCUT2D eigenvalue weighted by Gasteiger charge is 2.21. The predicted molar refractivity (Wildman–Crippen MR) is 81.1 cm³/mol. The summed E-state index contributed by atoms with van der Waals surface area (Å²) in [6.45, 7) is 9.99. The number of thiocarbonyl (C=S) groups is 1. The molecule has 1 aliphatic rings. The van der Waals surface area contributed by atoms with E-state index in [1.165, 1.54) is 5.56 Å². The van der Waals surface area contributed by atoms with Gasteiger partial charge in [-0.15, -0.1) is 6.58 Å². The lowest BCUT2D eigenvalue weighted by Crippen LogP contribution is -3.13. The van der Waals surface area contributed by atoms with E-state index in [1.54, 1.807) is 16.2 Å². The molecule has 2 heterocycles. The molecule has 2 rings (SSSR count). The van der Waals surface area contributed by atoms with Crippen molar-refractivity contribution in [3.05, 3.63) is 35.0 Å². The Morgan fingerprint density at radius 2 is 2.33 bits per heavy atom. The maximum Gasteiger partial charge on any atom is 0.169 e. The summed E-state index contributed by atoms with van der Waals surface area (Å²) >= 11 is 7.13. The van der Waals surface area contributed by atoms with E-state index >= 15 is 0 Å². The minimum Gasteiger partial charge on any atom is -0.359 e. The van der Waals surface area contributed by atoms with Crippen LogP contribution in [0.2, 0.25) is 0 Å². The van der Waals surface area contributed by atoms with E-state index in [-0.39, 0.29) is 0 Å². The Labute approximate surface area is 118 Å². The molecular formula is C13H20N3S2+. The van der Waals surface area contributed by atoms with Crippen molar-refractivity contribution in [3.63, 3.8) is 0 Å². The number of hydrogen-bond acceptors (Lipinski definition) is 2. The Hall–Kier alpha value is -0.910. The Morgan fingerprint density at radius 3 is 2.94 bits per heavy atom. The van der Waals surface area contributed by atoms with E-state index in [1.807, 2.05) is 6.08 Å². The van der Waals surface area contributed by atoms with Crippen LogP contribution in [-0.4, -0.2) is 42.7 Å².